The molecule has 8 heteroatoms. The summed E-state index contributed by atoms with van der Waals surface area (Å²) >= 11 is 0. The molecule has 0 amide bonds. The molecule has 1 heterocycles. The molecule has 0 aromatic carbocycles. The van der Waals surface area contributed by atoms with Crippen LogP contribution in [0.5, 0.6) is 0 Å². The summed E-state index contributed by atoms with van der Waals surface area (Å²) in [5.74, 6) is 0.677. The van der Waals surface area contributed by atoms with Gasteiger partial charge in [0.25, 0.3) is 0 Å². The normalized spacial score (nSPS) is 20.6. The Hall–Kier alpha value is -0.860. The highest BCUT2D eigenvalue weighted by molar-refractivity contribution is 7.88. The number of guanidine groups is 1. The fourth-order valence-electron chi connectivity index (χ4n) is 2.17. The number of aliphatic imine (C=N–C) groups is 1. The molecule has 1 atom stereocenters. The average Bonchev–Trinajstić information content (AvgIpc) is 2.83. The van der Waals surface area contributed by atoms with Crippen molar-refractivity contribution in [2.24, 2.45) is 4.99 Å². The summed E-state index contributed by atoms with van der Waals surface area (Å²) in [4.78, 5) is 4.44. The Morgan fingerprint density at radius 2 is 2.10 bits per heavy atom. The fraction of sp³-hybridized carbons (Fsp3) is 0.923. The van der Waals surface area contributed by atoms with Gasteiger partial charge in [-0.1, -0.05) is 0 Å². The number of nitrogens with one attached hydrogen (secondary N) is 3. The van der Waals surface area contributed by atoms with Crippen molar-refractivity contribution in [2.45, 2.75) is 45.3 Å². The summed E-state index contributed by atoms with van der Waals surface area (Å²) in [6.07, 6.45) is 3.55. The highest BCUT2D eigenvalue weighted by atomic mass is 32.2. The van der Waals surface area contributed by atoms with Crippen molar-refractivity contribution < 1.29 is 13.2 Å². The SMILES string of the molecule is CCNC(=NCC(C)(C)NS(C)(=O)=O)NCC1CCCO1. The van der Waals surface area contributed by atoms with E-state index in [4.69, 9.17) is 4.74 Å². The molecule has 0 radical (unpaired) electrons. The number of hydrogen-bond donors (Lipinski definition) is 3. The molecular formula is C13H28N4O3S. The summed E-state index contributed by atoms with van der Waals surface area (Å²) in [6.45, 7) is 8.24. The molecule has 0 bridgehead atoms. The van der Waals surface area contributed by atoms with Crippen molar-refractivity contribution in [2.75, 3.05) is 32.5 Å². The largest absolute Gasteiger partial charge is 0.376 e. The Morgan fingerprint density at radius 1 is 1.38 bits per heavy atom. The fourth-order valence-corrected chi connectivity index (χ4v) is 3.24. The first-order valence-corrected chi connectivity index (χ1v) is 9.24. The van der Waals surface area contributed by atoms with Crippen molar-refractivity contribution >= 4 is 16.0 Å². The minimum atomic E-state index is -3.25. The van der Waals surface area contributed by atoms with Crippen LogP contribution in [0.4, 0.5) is 0 Å². The second-order valence-electron chi connectivity index (χ2n) is 5.97. The van der Waals surface area contributed by atoms with Gasteiger partial charge >= 0.3 is 0 Å². The van der Waals surface area contributed by atoms with E-state index < -0.39 is 15.6 Å². The Morgan fingerprint density at radius 3 is 2.62 bits per heavy atom. The Kier molecular flexibility index (Phi) is 6.89. The maximum absolute atomic E-state index is 11.3. The number of rotatable bonds is 7. The van der Waals surface area contributed by atoms with Gasteiger partial charge in [0.15, 0.2) is 5.96 Å². The molecule has 1 rings (SSSR count). The second-order valence-corrected chi connectivity index (χ2v) is 7.72. The number of hydrogen-bond acceptors (Lipinski definition) is 4. The third kappa shape index (κ3) is 8.23. The molecule has 0 aromatic rings. The van der Waals surface area contributed by atoms with E-state index >= 15 is 0 Å². The number of ether oxygens (including phenoxy) is 1. The first-order chi connectivity index (χ1) is 9.72. The van der Waals surface area contributed by atoms with E-state index in [-0.39, 0.29) is 6.10 Å². The molecule has 0 aromatic heterocycles. The zero-order chi connectivity index (χ0) is 15.9. The van der Waals surface area contributed by atoms with Gasteiger partial charge in [-0.3, -0.25) is 4.99 Å². The third-order valence-electron chi connectivity index (χ3n) is 2.96. The van der Waals surface area contributed by atoms with Crippen LogP contribution in [0.3, 0.4) is 0 Å². The average molecular weight is 320 g/mol. The summed E-state index contributed by atoms with van der Waals surface area (Å²) < 4.78 is 30.8. The summed E-state index contributed by atoms with van der Waals surface area (Å²) in [5.41, 5.74) is -0.625. The molecule has 3 N–H and O–H groups in total. The summed E-state index contributed by atoms with van der Waals surface area (Å²) in [7, 11) is -3.25. The standard InChI is InChI=1S/C13H28N4O3S/c1-5-14-12(15-9-11-7-6-8-20-11)16-10-13(2,3)17-21(4,18)19/h11,17H,5-10H2,1-4H3,(H2,14,15,16). The molecule has 1 aliphatic heterocycles. The van der Waals surface area contributed by atoms with Crippen molar-refractivity contribution in [3.05, 3.63) is 0 Å². The smallest absolute Gasteiger partial charge is 0.209 e. The Balaban J connectivity index is 2.53. The van der Waals surface area contributed by atoms with Crippen molar-refractivity contribution in [1.82, 2.24) is 15.4 Å². The van der Waals surface area contributed by atoms with E-state index in [1.54, 1.807) is 13.8 Å². The van der Waals surface area contributed by atoms with E-state index in [1.165, 1.54) is 0 Å². The molecule has 1 saturated heterocycles. The third-order valence-corrected chi connectivity index (χ3v) is 3.88. The first-order valence-electron chi connectivity index (χ1n) is 7.34. The summed E-state index contributed by atoms with van der Waals surface area (Å²) in [5, 5.41) is 6.38. The predicted molar refractivity (Wildman–Crippen MR) is 85.0 cm³/mol. The second kappa shape index (κ2) is 7.95. The highest BCUT2D eigenvalue weighted by Crippen LogP contribution is 2.10. The maximum atomic E-state index is 11.3. The molecule has 1 aliphatic rings. The van der Waals surface area contributed by atoms with Gasteiger partial charge in [0.05, 0.1) is 18.9 Å². The first kappa shape index (κ1) is 18.2. The molecule has 0 aliphatic carbocycles. The lowest BCUT2D eigenvalue weighted by Gasteiger charge is -2.23. The van der Waals surface area contributed by atoms with Crippen LogP contribution in [0.15, 0.2) is 4.99 Å². The van der Waals surface area contributed by atoms with Gasteiger partial charge in [-0.2, -0.15) is 0 Å². The minimum Gasteiger partial charge on any atom is -0.376 e. The molecular weight excluding hydrogens is 292 g/mol. The van der Waals surface area contributed by atoms with E-state index in [0.29, 0.717) is 19.0 Å². The lowest BCUT2D eigenvalue weighted by molar-refractivity contribution is 0.114. The molecule has 1 fully saturated rings. The minimum absolute atomic E-state index is 0.232. The lowest BCUT2D eigenvalue weighted by atomic mass is 10.1. The Labute approximate surface area is 128 Å². The van der Waals surface area contributed by atoms with Crippen molar-refractivity contribution in [1.29, 1.82) is 0 Å². The molecule has 0 spiro atoms. The molecule has 124 valence electrons. The van der Waals surface area contributed by atoms with E-state index in [0.717, 1.165) is 32.2 Å². The van der Waals surface area contributed by atoms with E-state index in [2.05, 4.69) is 20.3 Å². The van der Waals surface area contributed by atoms with E-state index in [1.807, 2.05) is 6.92 Å². The Bertz CT molecular complexity index is 442. The van der Waals surface area contributed by atoms with Gasteiger partial charge in [-0.05, 0) is 33.6 Å². The van der Waals surface area contributed by atoms with Crippen LogP contribution in [-0.2, 0) is 14.8 Å². The van der Waals surface area contributed by atoms with Crippen LogP contribution in [0.1, 0.15) is 33.6 Å². The zero-order valence-electron chi connectivity index (χ0n) is 13.4. The highest BCUT2D eigenvalue weighted by Gasteiger charge is 2.22. The molecule has 7 nitrogen and oxygen atoms in total. The zero-order valence-corrected chi connectivity index (χ0v) is 14.2. The van der Waals surface area contributed by atoms with Crippen molar-refractivity contribution in [3.63, 3.8) is 0 Å². The van der Waals surface area contributed by atoms with Gasteiger partial charge in [0, 0.05) is 25.2 Å². The van der Waals surface area contributed by atoms with Crippen LogP contribution >= 0.6 is 0 Å². The van der Waals surface area contributed by atoms with Crippen LogP contribution < -0.4 is 15.4 Å². The van der Waals surface area contributed by atoms with Gasteiger partial charge in [0.1, 0.15) is 0 Å². The van der Waals surface area contributed by atoms with Gasteiger partial charge in [-0.15, -0.1) is 0 Å². The van der Waals surface area contributed by atoms with Gasteiger partial charge < -0.3 is 15.4 Å². The van der Waals surface area contributed by atoms with Crippen LogP contribution in [0, 0.1) is 0 Å². The number of sulfonamides is 1. The molecule has 21 heavy (non-hydrogen) atoms. The van der Waals surface area contributed by atoms with Gasteiger partial charge in [0.2, 0.25) is 10.0 Å². The monoisotopic (exact) mass is 320 g/mol. The predicted octanol–water partition coefficient (Wildman–Crippen LogP) is 0.0483. The van der Waals surface area contributed by atoms with Gasteiger partial charge in [-0.25, -0.2) is 13.1 Å². The number of nitrogens with zero attached hydrogens (tertiary/aromatic N) is 1. The maximum Gasteiger partial charge on any atom is 0.209 e. The van der Waals surface area contributed by atoms with Crippen molar-refractivity contribution in [3.8, 4) is 0 Å². The molecule has 1 unspecified atom stereocenters. The lowest BCUT2D eigenvalue weighted by Crippen LogP contribution is -2.47. The van der Waals surface area contributed by atoms with Crippen LogP contribution in [0.2, 0.25) is 0 Å². The van der Waals surface area contributed by atoms with Crippen LogP contribution in [-0.4, -0.2) is 58.5 Å². The quantitative estimate of drug-likeness (QED) is 0.455. The van der Waals surface area contributed by atoms with Crippen LogP contribution in [0.25, 0.3) is 0 Å². The summed E-state index contributed by atoms with van der Waals surface area (Å²) in [6, 6.07) is 0. The van der Waals surface area contributed by atoms with E-state index in [9.17, 15) is 8.42 Å². The molecule has 0 saturated carbocycles. The topological polar surface area (TPSA) is 91.8 Å².